The lowest BCUT2D eigenvalue weighted by Crippen LogP contribution is -2.61. The molecule has 1 amide bonds. The van der Waals surface area contributed by atoms with E-state index in [-0.39, 0.29) is 22.9 Å². The van der Waals surface area contributed by atoms with E-state index in [9.17, 15) is 9.59 Å². The molecule has 4 nitrogen and oxygen atoms in total. The zero-order valence-electron chi connectivity index (χ0n) is 24.0. The molecule has 1 heterocycles. The summed E-state index contributed by atoms with van der Waals surface area (Å²) in [7, 11) is 2.06. The fraction of sp³-hybridized carbons (Fsp3) is 0.939. The van der Waals surface area contributed by atoms with Crippen molar-refractivity contribution < 1.29 is 14.3 Å². The Kier molecular flexibility index (Phi) is 5.71. The second-order valence-corrected chi connectivity index (χ2v) is 16.0. The van der Waals surface area contributed by atoms with E-state index in [1.165, 1.54) is 77.0 Å². The maximum absolute atomic E-state index is 13.4. The van der Waals surface area contributed by atoms with Crippen LogP contribution in [0.15, 0.2) is 0 Å². The van der Waals surface area contributed by atoms with Crippen LogP contribution in [0.5, 0.6) is 0 Å². The number of carbonyl (C=O) groups excluding carboxylic acids is 2. The molecule has 0 aromatic rings. The Morgan fingerprint density at radius 3 is 2.24 bits per heavy atom. The smallest absolute Gasteiger partial charge is 0.306 e. The highest BCUT2D eigenvalue weighted by atomic mass is 16.5. The monoisotopic (exact) mass is 509 g/mol. The van der Waals surface area contributed by atoms with Crippen LogP contribution >= 0.6 is 0 Å². The van der Waals surface area contributed by atoms with Gasteiger partial charge in [-0.25, -0.2) is 0 Å². The molecule has 0 aromatic heterocycles. The van der Waals surface area contributed by atoms with Gasteiger partial charge in [0.25, 0.3) is 0 Å². The highest BCUT2D eigenvalue weighted by Crippen LogP contribution is 2.67. The van der Waals surface area contributed by atoms with E-state index in [2.05, 4.69) is 32.7 Å². The summed E-state index contributed by atoms with van der Waals surface area (Å²) in [6, 6.07) is 0.431. The fourth-order valence-electron chi connectivity index (χ4n) is 13.1. The Bertz CT molecular complexity index is 924. The number of ether oxygens (including phenoxy) is 1. The van der Waals surface area contributed by atoms with E-state index >= 15 is 0 Å². The maximum Gasteiger partial charge on any atom is 0.306 e. The molecule has 206 valence electrons. The van der Waals surface area contributed by atoms with E-state index in [4.69, 9.17) is 4.74 Å². The second-order valence-electron chi connectivity index (χ2n) is 16.0. The van der Waals surface area contributed by atoms with E-state index in [0.717, 1.165) is 48.3 Å². The summed E-state index contributed by atoms with van der Waals surface area (Å²) in [5, 5.41) is 0. The number of hydrogen-bond acceptors (Lipinski definition) is 3. The first kappa shape index (κ1) is 24.9. The third-order valence-corrected chi connectivity index (χ3v) is 14.2. The van der Waals surface area contributed by atoms with Gasteiger partial charge in [0.2, 0.25) is 5.91 Å². The van der Waals surface area contributed by atoms with Crippen LogP contribution in [0.4, 0.5) is 0 Å². The summed E-state index contributed by atoms with van der Waals surface area (Å²) in [5.41, 5.74) is 0.844. The van der Waals surface area contributed by atoms with Crippen molar-refractivity contribution in [3.8, 4) is 0 Å². The van der Waals surface area contributed by atoms with Crippen molar-refractivity contribution in [3.05, 3.63) is 0 Å². The number of piperidine rings is 1. The predicted molar refractivity (Wildman–Crippen MR) is 144 cm³/mol. The molecule has 1 unspecified atom stereocenters. The lowest BCUT2D eigenvalue weighted by atomic mass is 9.46. The number of amides is 1. The number of rotatable bonds is 4. The topological polar surface area (TPSA) is 46.6 Å². The number of esters is 1. The van der Waals surface area contributed by atoms with Crippen LogP contribution in [0.25, 0.3) is 0 Å². The molecular formula is C33H51NO3. The Hall–Kier alpha value is -1.06. The SMILES string of the molecule is CC(OC(=O)CC12CC3CC(CC(C3)C1)C2)[C@H]1CC[C@H]2[C@@H]3CC[C@H]4N(C)C(=O)CC[C@]4(C)[C@H]3CC[C@]12C. The molecule has 7 aliphatic carbocycles. The van der Waals surface area contributed by atoms with Crippen LogP contribution < -0.4 is 0 Å². The minimum atomic E-state index is 0.0401. The van der Waals surface area contributed by atoms with Gasteiger partial charge in [-0.2, -0.15) is 0 Å². The second kappa shape index (κ2) is 8.47. The van der Waals surface area contributed by atoms with Gasteiger partial charge in [0, 0.05) is 25.4 Å². The summed E-state index contributed by atoms with van der Waals surface area (Å²) < 4.78 is 6.37. The molecule has 8 atom stereocenters. The van der Waals surface area contributed by atoms with Gasteiger partial charge in [-0.3, -0.25) is 9.59 Å². The van der Waals surface area contributed by atoms with Gasteiger partial charge in [-0.05, 0) is 142 Å². The Morgan fingerprint density at radius 2 is 1.57 bits per heavy atom. The summed E-state index contributed by atoms with van der Waals surface area (Å²) in [4.78, 5) is 28.0. The lowest BCUT2D eigenvalue weighted by molar-refractivity contribution is -0.168. The molecule has 8 fully saturated rings. The number of fused-ring (bicyclic) bond motifs is 5. The summed E-state index contributed by atoms with van der Waals surface area (Å²) in [6.07, 6.45) is 18.2. The number of hydrogen-bond donors (Lipinski definition) is 0. The maximum atomic E-state index is 13.4. The highest BCUT2D eigenvalue weighted by Gasteiger charge is 2.62. The summed E-state index contributed by atoms with van der Waals surface area (Å²) in [6.45, 7) is 7.29. The van der Waals surface area contributed by atoms with Gasteiger partial charge in [0.15, 0.2) is 0 Å². The molecule has 8 rings (SSSR count). The molecule has 4 heteroatoms. The van der Waals surface area contributed by atoms with Crippen molar-refractivity contribution in [2.75, 3.05) is 7.05 Å². The van der Waals surface area contributed by atoms with Crippen molar-refractivity contribution in [1.29, 1.82) is 0 Å². The van der Waals surface area contributed by atoms with Crippen LogP contribution in [0.2, 0.25) is 0 Å². The molecule has 4 bridgehead atoms. The molecule has 8 aliphatic rings. The van der Waals surface area contributed by atoms with Crippen LogP contribution in [-0.4, -0.2) is 36.0 Å². The first-order chi connectivity index (χ1) is 17.6. The first-order valence-corrected chi connectivity index (χ1v) is 16.1. The highest BCUT2D eigenvalue weighted by molar-refractivity contribution is 5.77. The first-order valence-electron chi connectivity index (χ1n) is 16.1. The van der Waals surface area contributed by atoms with Crippen molar-refractivity contribution in [3.63, 3.8) is 0 Å². The van der Waals surface area contributed by atoms with Gasteiger partial charge < -0.3 is 9.64 Å². The lowest BCUT2D eigenvalue weighted by Gasteiger charge is -2.62. The van der Waals surface area contributed by atoms with E-state index in [0.29, 0.717) is 29.7 Å². The number of likely N-dealkylation sites (tertiary alicyclic amines) is 1. The molecular weight excluding hydrogens is 458 g/mol. The minimum Gasteiger partial charge on any atom is -0.462 e. The zero-order chi connectivity index (χ0) is 25.7. The van der Waals surface area contributed by atoms with Crippen LogP contribution in [0.1, 0.15) is 117 Å². The zero-order valence-corrected chi connectivity index (χ0v) is 24.0. The molecule has 37 heavy (non-hydrogen) atoms. The number of nitrogens with zero attached hydrogens (tertiary/aromatic N) is 1. The third kappa shape index (κ3) is 3.72. The Balaban J connectivity index is 1.03. The number of carbonyl (C=O) groups is 2. The normalized spacial score (nSPS) is 52.9. The minimum absolute atomic E-state index is 0.0401. The fourth-order valence-corrected chi connectivity index (χ4v) is 13.1. The van der Waals surface area contributed by atoms with Gasteiger partial charge in [0.1, 0.15) is 6.10 Å². The Labute approximate surface area is 225 Å². The molecule has 1 saturated heterocycles. The van der Waals surface area contributed by atoms with Crippen molar-refractivity contribution in [2.24, 2.45) is 57.7 Å². The average Bonchev–Trinajstić information content (AvgIpc) is 3.18. The summed E-state index contributed by atoms with van der Waals surface area (Å²) in [5.74, 6) is 5.90. The molecule has 0 radical (unpaired) electrons. The van der Waals surface area contributed by atoms with E-state index in [1.807, 2.05) is 0 Å². The van der Waals surface area contributed by atoms with Crippen molar-refractivity contribution >= 4 is 11.9 Å². The van der Waals surface area contributed by atoms with Crippen molar-refractivity contribution in [1.82, 2.24) is 4.90 Å². The third-order valence-electron chi connectivity index (χ3n) is 14.2. The van der Waals surface area contributed by atoms with Crippen LogP contribution in [-0.2, 0) is 14.3 Å². The molecule has 0 spiro atoms. The van der Waals surface area contributed by atoms with Gasteiger partial charge >= 0.3 is 5.97 Å². The van der Waals surface area contributed by atoms with Crippen LogP contribution in [0, 0.1) is 57.7 Å². The van der Waals surface area contributed by atoms with Crippen LogP contribution in [0.3, 0.4) is 0 Å². The predicted octanol–water partition coefficient (Wildman–Crippen LogP) is 7.00. The Morgan fingerprint density at radius 1 is 0.919 bits per heavy atom. The van der Waals surface area contributed by atoms with E-state index < -0.39 is 0 Å². The molecule has 0 N–H and O–H groups in total. The van der Waals surface area contributed by atoms with Crippen molar-refractivity contribution in [2.45, 2.75) is 129 Å². The average molecular weight is 510 g/mol. The van der Waals surface area contributed by atoms with Gasteiger partial charge in [-0.15, -0.1) is 0 Å². The summed E-state index contributed by atoms with van der Waals surface area (Å²) >= 11 is 0. The van der Waals surface area contributed by atoms with E-state index in [1.54, 1.807) is 0 Å². The largest absolute Gasteiger partial charge is 0.462 e. The molecule has 0 aromatic carbocycles. The molecule has 1 aliphatic heterocycles. The van der Waals surface area contributed by atoms with Gasteiger partial charge in [-0.1, -0.05) is 13.8 Å². The standard InChI is InChI=1S/C33H51NO3/c1-20(37-30(36)19-33-16-21-13-22(17-33)15-23(14-21)18-33)25-6-7-26-24-5-8-28-32(3,12-10-29(35)34(28)4)27(24)9-11-31(25,26)2/h20-28H,5-19H2,1-4H3/t20?,21?,22?,23?,24-,25+,26-,27-,28+,31+,32+,33?/m0/s1. The quantitative estimate of drug-likeness (QED) is 0.383. The van der Waals surface area contributed by atoms with Gasteiger partial charge in [0.05, 0.1) is 6.42 Å². The molecule has 7 saturated carbocycles.